The van der Waals surface area contributed by atoms with Crippen LogP contribution in [0.5, 0.6) is 0 Å². The molecule has 0 saturated heterocycles. The van der Waals surface area contributed by atoms with Crippen LogP contribution in [0.25, 0.3) is 11.3 Å². The van der Waals surface area contributed by atoms with Gasteiger partial charge in [-0.25, -0.2) is 0 Å². The Labute approximate surface area is 133 Å². The largest absolute Gasteiger partial charge is 0.542 e. The van der Waals surface area contributed by atoms with Crippen LogP contribution in [0, 0.1) is 0 Å². The molecule has 24 heavy (non-hydrogen) atoms. The van der Waals surface area contributed by atoms with Crippen molar-refractivity contribution in [3.05, 3.63) is 36.8 Å². The van der Waals surface area contributed by atoms with Gasteiger partial charge in [0, 0.05) is 17.8 Å². The fourth-order valence-corrected chi connectivity index (χ4v) is 1.33. The number of hydrogen-bond donors (Lipinski definition) is 1. The van der Waals surface area contributed by atoms with Gasteiger partial charge in [-0.2, -0.15) is 23.4 Å². The van der Waals surface area contributed by atoms with Gasteiger partial charge in [0.25, 0.3) is 0 Å². The second-order valence-electron chi connectivity index (χ2n) is 4.22. The molecule has 0 aliphatic carbocycles. The van der Waals surface area contributed by atoms with Crippen LogP contribution in [-0.2, 0) is 16.1 Å². The number of alkyl halides is 3. The van der Waals surface area contributed by atoms with Gasteiger partial charge >= 0.3 is 12.1 Å². The number of aliphatic carboxylic acids is 2. The molecule has 0 bridgehead atoms. The van der Waals surface area contributed by atoms with E-state index in [1.54, 1.807) is 29.3 Å². The number of halogens is 3. The maximum Gasteiger partial charge on any atom is 0.430 e. The topological polar surface area (TPSA) is 120 Å². The fraction of sp³-hybridized carbons (Fsp3) is 0.231. The number of hydrogen-bond acceptors (Lipinski definition) is 6. The molecular formula is C13H11F3N4O4. The van der Waals surface area contributed by atoms with E-state index in [0.29, 0.717) is 6.54 Å². The molecule has 0 amide bonds. The van der Waals surface area contributed by atoms with Gasteiger partial charge in [0.05, 0.1) is 5.69 Å². The van der Waals surface area contributed by atoms with E-state index < -0.39 is 18.1 Å². The van der Waals surface area contributed by atoms with Crippen molar-refractivity contribution in [2.24, 2.45) is 0 Å². The molecule has 0 atom stereocenters. The average molecular weight is 344 g/mol. The highest BCUT2D eigenvalue weighted by Crippen LogP contribution is 2.12. The van der Waals surface area contributed by atoms with Gasteiger partial charge in [-0.3, -0.25) is 4.79 Å². The first-order valence-electron chi connectivity index (χ1n) is 6.34. The van der Waals surface area contributed by atoms with Crippen molar-refractivity contribution in [2.75, 3.05) is 0 Å². The van der Waals surface area contributed by atoms with E-state index in [-0.39, 0.29) is 6.42 Å². The highest BCUT2D eigenvalue weighted by molar-refractivity contribution is 5.70. The van der Waals surface area contributed by atoms with Crippen LogP contribution < -0.4 is 9.79 Å². The van der Waals surface area contributed by atoms with E-state index in [1.165, 1.54) is 0 Å². The van der Waals surface area contributed by atoms with Crippen molar-refractivity contribution < 1.29 is 37.7 Å². The lowest BCUT2D eigenvalue weighted by atomic mass is 10.2. The molecule has 11 heteroatoms. The summed E-state index contributed by atoms with van der Waals surface area (Å²) in [6.07, 6.45) is -0.159. The summed E-state index contributed by atoms with van der Waals surface area (Å²) in [5.41, 5.74) is 1.59. The number of carbonyl (C=O) groups excluding carboxylic acids is 1. The molecule has 0 unspecified atom stereocenters. The van der Waals surface area contributed by atoms with Crippen molar-refractivity contribution in [1.29, 1.82) is 0 Å². The van der Waals surface area contributed by atoms with E-state index in [9.17, 15) is 18.0 Å². The molecule has 2 rings (SSSR count). The van der Waals surface area contributed by atoms with Crippen molar-refractivity contribution >= 4 is 11.9 Å². The Kier molecular flexibility index (Phi) is 6.71. The third-order valence-electron chi connectivity index (χ3n) is 2.43. The van der Waals surface area contributed by atoms with Gasteiger partial charge in [0.15, 0.2) is 12.7 Å². The minimum Gasteiger partial charge on any atom is -0.542 e. The smallest absolute Gasteiger partial charge is 0.430 e. The van der Waals surface area contributed by atoms with Crippen molar-refractivity contribution in [3.8, 4) is 11.3 Å². The number of carbonyl (C=O) groups is 2. The number of carboxylic acid groups (broad SMARTS) is 2. The average Bonchev–Trinajstić information content (AvgIpc) is 2.54. The third-order valence-corrected chi connectivity index (χ3v) is 2.43. The summed E-state index contributed by atoms with van der Waals surface area (Å²) in [6.45, 7) is 0.357. The molecular weight excluding hydrogens is 333 g/mol. The van der Waals surface area contributed by atoms with Crippen molar-refractivity contribution in [2.45, 2.75) is 19.1 Å². The van der Waals surface area contributed by atoms with E-state index in [0.717, 1.165) is 11.3 Å². The Morgan fingerprint density at radius 1 is 1.29 bits per heavy atom. The highest BCUT2D eigenvalue weighted by Gasteiger charge is 2.28. The molecule has 0 aromatic carbocycles. The molecule has 0 saturated carbocycles. The fourth-order valence-electron chi connectivity index (χ4n) is 1.33. The summed E-state index contributed by atoms with van der Waals surface area (Å²) in [4.78, 5) is 19.2. The summed E-state index contributed by atoms with van der Waals surface area (Å²) in [5.74, 6) is -3.84. The molecule has 0 radical (unpaired) electrons. The first-order valence-corrected chi connectivity index (χ1v) is 6.34. The molecule has 1 N–H and O–H groups in total. The Morgan fingerprint density at radius 3 is 2.38 bits per heavy atom. The van der Waals surface area contributed by atoms with Crippen LogP contribution in [0.3, 0.4) is 0 Å². The summed E-state index contributed by atoms with van der Waals surface area (Å²) in [7, 11) is 0. The summed E-state index contributed by atoms with van der Waals surface area (Å²) >= 11 is 0. The molecule has 0 spiro atoms. The van der Waals surface area contributed by atoms with Crippen LogP contribution in [-0.4, -0.2) is 38.5 Å². The van der Waals surface area contributed by atoms with Gasteiger partial charge < -0.3 is 15.0 Å². The number of carboxylic acids is 2. The number of aryl methyl sites for hydroxylation is 1. The van der Waals surface area contributed by atoms with Crippen LogP contribution in [0.1, 0.15) is 6.42 Å². The first kappa shape index (κ1) is 18.9. The molecule has 0 aliphatic rings. The van der Waals surface area contributed by atoms with E-state index in [2.05, 4.69) is 15.3 Å². The lowest BCUT2D eigenvalue weighted by molar-refractivity contribution is -0.752. The highest BCUT2D eigenvalue weighted by atomic mass is 19.4. The maximum atomic E-state index is 10.5. The molecule has 2 aromatic heterocycles. The van der Waals surface area contributed by atoms with Gasteiger partial charge in [-0.1, -0.05) is 4.68 Å². The first-order chi connectivity index (χ1) is 11.2. The Bertz CT molecular complexity index is 678. The minimum absolute atomic E-state index is 0.0577. The number of nitrogens with zero attached hydrogens (tertiary/aromatic N) is 4. The minimum atomic E-state index is -5.19. The number of rotatable bonds is 4. The molecule has 0 aliphatic heterocycles. The van der Waals surface area contributed by atoms with Crippen molar-refractivity contribution in [1.82, 2.24) is 15.3 Å². The second-order valence-corrected chi connectivity index (χ2v) is 4.22. The predicted molar refractivity (Wildman–Crippen MR) is 68.8 cm³/mol. The monoisotopic (exact) mass is 344 g/mol. The molecule has 8 nitrogen and oxygen atoms in total. The summed E-state index contributed by atoms with van der Waals surface area (Å²) < 4.78 is 33.1. The van der Waals surface area contributed by atoms with E-state index in [1.807, 2.05) is 12.1 Å². The van der Waals surface area contributed by atoms with Crippen LogP contribution in [0.2, 0.25) is 0 Å². The summed E-state index contributed by atoms with van der Waals surface area (Å²) in [5, 5.41) is 29.2. The van der Waals surface area contributed by atoms with Crippen LogP contribution in [0.4, 0.5) is 13.2 Å². The zero-order valence-corrected chi connectivity index (χ0v) is 12.0. The molecule has 2 heterocycles. The molecule has 2 aromatic rings. The van der Waals surface area contributed by atoms with Gasteiger partial charge in [-0.05, 0) is 17.2 Å². The van der Waals surface area contributed by atoms with Crippen LogP contribution >= 0.6 is 0 Å². The zero-order chi connectivity index (χ0) is 18.2. The lowest BCUT2D eigenvalue weighted by Crippen LogP contribution is -2.38. The predicted octanol–water partition coefficient (Wildman–Crippen LogP) is -0.401. The van der Waals surface area contributed by atoms with E-state index in [4.69, 9.17) is 15.0 Å². The molecule has 128 valence electrons. The zero-order valence-electron chi connectivity index (χ0n) is 12.0. The SMILES string of the molecule is O=C(O)CC[n+]1ccc(-c2cccnn2)cn1.O=C([O-])C(F)(F)F. The Morgan fingerprint density at radius 2 is 1.96 bits per heavy atom. The quantitative estimate of drug-likeness (QED) is 0.749. The third kappa shape index (κ3) is 6.77. The van der Waals surface area contributed by atoms with Gasteiger partial charge in [0.1, 0.15) is 18.6 Å². The Hall–Kier alpha value is -3.11. The summed E-state index contributed by atoms with van der Waals surface area (Å²) in [6, 6.07) is 5.47. The number of aromatic nitrogens is 4. The molecule has 0 fully saturated rings. The van der Waals surface area contributed by atoms with Crippen LogP contribution in [0.15, 0.2) is 36.8 Å². The maximum absolute atomic E-state index is 10.5. The van der Waals surface area contributed by atoms with Crippen molar-refractivity contribution in [3.63, 3.8) is 0 Å². The standard InChI is InChI=1S/C11H10N4O2.C2HF3O2/c16-11(17)4-7-15-6-3-9(8-13-15)10-2-1-5-12-14-10;3-2(4,5)1(6)7/h1-3,5-6,8H,4,7H2;(H,6,7). The lowest BCUT2D eigenvalue weighted by Gasteiger charge is -2.03. The van der Waals surface area contributed by atoms with Gasteiger partial charge in [0.2, 0.25) is 0 Å². The normalized spacial score (nSPS) is 10.5. The second kappa shape index (κ2) is 8.50. The van der Waals surface area contributed by atoms with Gasteiger partial charge in [-0.15, -0.1) is 0 Å². The van der Waals surface area contributed by atoms with E-state index >= 15 is 0 Å². The Balaban J connectivity index is 0.000000351.